The van der Waals surface area contributed by atoms with E-state index in [1.54, 1.807) is 39.4 Å². The van der Waals surface area contributed by atoms with Gasteiger partial charge < -0.3 is 4.90 Å². The molecule has 0 unspecified atom stereocenters. The van der Waals surface area contributed by atoms with E-state index in [0.29, 0.717) is 30.2 Å². The van der Waals surface area contributed by atoms with Gasteiger partial charge in [-0.3, -0.25) is 9.48 Å². The van der Waals surface area contributed by atoms with E-state index in [9.17, 15) is 13.2 Å². The Morgan fingerprint density at radius 3 is 2.57 bits per heavy atom. The highest BCUT2D eigenvalue weighted by atomic mass is 32.2. The van der Waals surface area contributed by atoms with Crippen LogP contribution >= 0.6 is 0 Å². The number of likely N-dealkylation sites (tertiary alicyclic amines) is 1. The molecule has 0 saturated carbocycles. The normalized spacial score (nSPS) is 21.1. The molecule has 0 bridgehead atoms. The molecule has 0 spiro atoms. The maximum Gasteiger partial charge on any atom is 0.276 e. The Morgan fingerprint density at radius 2 is 1.82 bits per heavy atom. The zero-order valence-electron chi connectivity index (χ0n) is 15.8. The van der Waals surface area contributed by atoms with Crippen LogP contribution in [0.2, 0.25) is 0 Å². The van der Waals surface area contributed by atoms with Gasteiger partial charge in [-0.15, -0.1) is 5.10 Å². The molecule has 2 saturated heterocycles. The van der Waals surface area contributed by atoms with Crippen LogP contribution in [0, 0.1) is 5.92 Å². The van der Waals surface area contributed by atoms with Gasteiger partial charge in [-0.2, -0.15) is 4.31 Å². The maximum atomic E-state index is 12.9. The standard InChI is InChI=1S/C19H25N5O3S/c25-19(22-10-4-5-11-22)18-15-23(21-20-18)13-16-7-6-12-24(14-16)28(26,27)17-8-2-1-3-9-17/h1-3,8-9,15-16H,4-7,10-14H2/t16-/m1/s1. The molecule has 2 fully saturated rings. The lowest BCUT2D eigenvalue weighted by atomic mass is 10.00. The van der Waals surface area contributed by atoms with Gasteiger partial charge >= 0.3 is 0 Å². The third-order valence-corrected chi connectivity index (χ3v) is 7.34. The number of carbonyl (C=O) groups excluding carboxylic acids is 1. The van der Waals surface area contributed by atoms with Crippen LogP contribution in [0.4, 0.5) is 0 Å². The first-order valence-electron chi connectivity index (χ1n) is 9.78. The first-order chi connectivity index (χ1) is 13.5. The molecular formula is C19H25N5O3S. The first-order valence-corrected chi connectivity index (χ1v) is 11.2. The van der Waals surface area contributed by atoms with Crippen molar-refractivity contribution in [2.24, 2.45) is 5.92 Å². The molecule has 1 aromatic carbocycles. The third-order valence-electron chi connectivity index (χ3n) is 5.46. The lowest BCUT2D eigenvalue weighted by Gasteiger charge is -2.31. The van der Waals surface area contributed by atoms with E-state index in [1.807, 2.05) is 11.0 Å². The summed E-state index contributed by atoms with van der Waals surface area (Å²) in [5.41, 5.74) is 0.367. The van der Waals surface area contributed by atoms with E-state index in [1.165, 1.54) is 0 Å². The summed E-state index contributed by atoms with van der Waals surface area (Å²) >= 11 is 0. The second-order valence-corrected chi connectivity index (χ2v) is 9.45. The predicted molar refractivity (Wildman–Crippen MR) is 103 cm³/mol. The number of hydrogen-bond acceptors (Lipinski definition) is 5. The molecule has 8 nitrogen and oxygen atoms in total. The number of amides is 1. The number of carbonyl (C=O) groups is 1. The Hall–Kier alpha value is -2.26. The lowest BCUT2D eigenvalue weighted by Crippen LogP contribution is -2.41. The highest BCUT2D eigenvalue weighted by Gasteiger charge is 2.30. The Morgan fingerprint density at radius 1 is 1.07 bits per heavy atom. The fourth-order valence-corrected chi connectivity index (χ4v) is 5.54. The van der Waals surface area contributed by atoms with Crippen molar-refractivity contribution in [3.05, 3.63) is 42.2 Å². The van der Waals surface area contributed by atoms with Crippen LogP contribution < -0.4 is 0 Å². The number of rotatable bonds is 5. The van der Waals surface area contributed by atoms with E-state index in [-0.39, 0.29) is 11.8 Å². The summed E-state index contributed by atoms with van der Waals surface area (Å²) in [7, 11) is -3.48. The van der Waals surface area contributed by atoms with Crippen molar-refractivity contribution in [1.82, 2.24) is 24.2 Å². The minimum Gasteiger partial charge on any atom is -0.337 e. The van der Waals surface area contributed by atoms with Crippen LogP contribution in [-0.4, -0.2) is 64.7 Å². The molecule has 1 amide bonds. The molecule has 0 aliphatic carbocycles. The van der Waals surface area contributed by atoms with Gasteiger partial charge in [0.2, 0.25) is 10.0 Å². The number of sulfonamides is 1. The third kappa shape index (κ3) is 3.95. The Labute approximate surface area is 165 Å². The topological polar surface area (TPSA) is 88.4 Å². The van der Waals surface area contributed by atoms with Crippen LogP contribution in [0.25, 0.3) is 0 Å². The number of benzene rings is 1. The van der Waals surface area contributed by atoms with Crippen LogP contribution in [0.15, 0.2) is 41.4 Å². The van der Waals surface area contributed by atoms with Gasteiger partial charge in [0.15, 0.2) is 5.69 Å². The smallest absolute Gasteiger partial charge is 0.276 e. The summed E-state index contributed by atoms with van der Waals surface area (Å²) in [4.78, 5) is 14.6. The minimum absolute atomic E-state index is 0.0688. The zero-order chi connectivity index (χ0) is 19.6. The summed E-state index contributed by atoms with van der Waals surface area (Å²) in [6.07, 6.45) is 5.49. The van der Waals surface area contributed by atoms with E-state index in [0.717, 1.165) is 38.8 Å². The van der Waals surface area contributed by atoms with E-state index < -0.39 is 10.0 Å². The van der Waals surface area contributed by atoms with Crippen LogP contribution in [-0.2, 0) is 16.6 Å². The van der Waals surface area contributed by atoms with Crippen molar-refractivity contribution < 1.29 is 13.2 Å². The highest BCUT2D eigenvalue weighted by Crippen LogP contribution is 2.24. The molecule has 2 aliphatic heterocycles. The molecule has 150 valence electrons. The summed E-state index contributed by atoms with van der Waals surface area (Å²) in [6, 6.07) is 8.55. The van der Waals surface area contributed by atoms with Crippen molar-refractivity contribution >= 4 is 15.9 Å². The average Bonchev–Trinajstić information content (AvgIpc) is 3.41. The number of piperidine rings is 1. The zero-order valence-corrected chi connectivity index (χ0v) is 16.6. The van der Waals surface area contributed by atoms with Crippen molar-refractivity contribution in [1.29, 1.82) is 0 Å². The molecule has 0 radical (unpaired) electrons. The molecule has 9 heteroatoms. The summed E-state index contributed by atoms with van der Waals surface area (Å²) in [6.45, 7) is 3.10. The summed E-state index contributed by atoms with van der Waals surface area (Å²) in [5.74, 6) is 0.0735. The molecular weight excluding hydrogens is 378 g/mol. The molecule has 28 heavy (non-hydrogen) atoms. The molecule has 4 rings (SSSR count). The van der Waals surface area contributed by atoms with Crippen LogP contribution in [0.3, 0.4) is 0 Å². The van der Waals surface area contributed by atoms with E-state index in [4.69, 9.17) is 0 Å². The maximum absolute atomic E-state index is 12.9. The van der Waals surface area contributed by atoms with Crippen molar-refractivity contribution in [3.8, 4) is 0 Å². The fraction of sp³-hybridized carbons (Fsp3) is 0.526. The van der Waals surface area contributed by atoms with Gasteiger partial charge in [0, 0.05) is 32.7 Å². The monoisotopic (exact) mass is 403 g/mol. The molecule has 1 atom stereocenters. The van der Waals surface area contributed by atoms with E-state index in [2.05, 4.69) is 10.3 Å². The first kappa shape index (κ1) is 19.1. The second-order valence-electron chi connectivity index (χ2n) is 7.51. The quantitative estimate of drug-likeness (QED) is 0.757. The Bertz CT molecular complexity index is 922. The minimum atomic E-state index is -3.48. The van der Waals surface area contributed by atoms with Gasteiger partial charge in [-0.05, 0) is 43.7 Å². The average molecular weight is 404 g/mol. The number of aromatic nitrogens is 3. The van der Waals surface area contributed by atoms with Crippen molar-refractivity contribution in [2.45, 2.75) is 37.1 Å². The van der Waals surface area contributed by atoms with Gasteiger partial charge in [0.25, 0.3) is 5.91 Å². The van der Waals surface area contributed by atoms with Crippen molar-refractivity contribution in [3.63, 3.8) is 0 Å². The molecule has 2 aromatic rings. The number of hydrogen-bond donors (Lipinski definition) is 0. The lowest BCUT2D eigenvalue weighted by molar-refractivity contribution is 0.0787. The second kappa shape index (κ2) is 8.00. The molecule has 2 aliphatic rings. The van der Waals surface area contributed by atoms with Crippen molar-refractivity contribution in [2.75, 3.05) is 26.2 Å². The van der Waals surface area contributed by atoms with Crippen LogP contribution in [0.5, 0.6) is 0 Å². The summed E-state index contributed by atoms with van der Waals surface area (Å²) < 4.78 is 29.0. The Kier molecular flexibility index (Phi) is 5.45. The largest absolute Gasteiger partial charge is 0.337 e. The van der Waals surface area contributed by atoms with Gasteiger partial charge in [0.05, 0.1) is 11.1 Å². The summed E-state index contributed by atoms with van der Waals surface area (Å²) in [5, 5.41) is 8.13. The SMILES string of the molecule is O=C(c1cn(C[C@H]2CCCN(S(=O)(=O)c3ccccc3)C2)nn1)N1CCCC1. The van der Waals surface area contributed by atoms with Gasteiger partial charge in [0.1, 0.15) is 0 Å². The van der Waals surface area contributed by atoms with E-state index >= 15 is 0 Å². The number of nitrogens with zero attached hydrogens (tertiary/aromatic N) is 5. The van der Waals surface area contributed by atoms with Crippen LogP contribution in [0.1, 0.15) is 36.2 Å². The van der Waals surface area contributed by atoms with Gasteiger partial charge in [-0.1, -0.05) is 23.4 Å². The highest BCUT2D eigenvalue weighted by molar-refractivity contribution is 7.89. The molecule has 0 N–H and O–H groups in total. The Balaban J connectivity index is 1.41. The van der Waals surface area contributed by atoms with Gasteiger partial charge in [-0.25, -0.2) is 8.42 Å². The molecule has 1 aromatic heterocycles. The molecule has 3 heterocycles. The fourth-order valence-electron chi connectivity index (χ4n) is 3.97. The predicted octanol–water partition coefficient (Wildman–Crippen LogP) is 1.61.